The molecule has 1 aliphatic carbocycles. The van der Waals surface area contributed by atoms with Crippen LogP contribution in [0.1, 0.15) is 29.9 Å². The normalized spacial score (nSPS) is 22.0. The molecule has 1 aromatic carbocycles. The summed E-state index contributed by atoms with van der Waals surface area (Å²) in [7, 11) is 0. The molecule has 0 aromatic heterocycles. The van der Waals surface area contributed by atoms with Crippen molar-refractivity contribution in [1.29, 1.82) is 0 Å². The first kappa shape index (κ1) is 22.5. The van der Waals surface area contributed by atoms with E-state index in [1.807, 2.05) is 0 Å². The summed E-state index contributed by atoms with van der Waals surface area (Å²) in [6.45, 7) is 0.00935. The largest absolute Gasteiger partial charge is 0.479 e. The van der Waals surface area contributed by atoms with Crippen molar-refractivity contribution in [2.24, 2.45) is 5.73 Å². The fourth-order valence-electron chi connectivity index (χ4n) is 5.03. The van der Waals surface area contributed by atoms with Gasteiger partial charge in [0.1, 0.15) is 11.3 Å². The molecule has 1 unspecified atom stereocenters. The van der Waals surface area contributed by atoms with E-state index in [1.165, 1.54) is 0 Å². The molecule has 4 bridgehead atoms. The van der Waals surface area contributed by atoms with Gasteiger partial charge < -0.3 is 15.7 Å². The molecule has 2 aliphatic heterocycles. The monoisotopic (exact) mass is 474 g/mol. The van der Waals surface area contributed by atoms with Crippen LogP contribution in [0.25, 0.3) is 0 Å². The topological polar surface area (TPSA) is 239 Å². The van der Waals surface area contributed by atoms with Crippen LogP contribution in [0.5, 0.6) is 0 Å². The maximum atomic E-state index is 12.9. The number of nitrogens with two attached hydrogens (primary N) is 1. The van der Waals surface area contributed by atoms with Crippen molar-refractivity contribution in [2.45, 2.75) is 24.3 Å². The van der Waals surface area contributed by atoms with E-state index in [2.05, 4.69) is 0 Å². The number of nitro benzene ring substituents is 2. The summed E-state index contributed by atoms with van der Waals surface area (Å²) in [5, 5.41) is 57.4. The Labute approximate surface area is 187 Å². The zero-order valence-corrected chi connectivity index (χ0v) is 16.9. The van der Waals surface area contributed by atoms with Crippen molar-refractivity contribution in [1.82, 2.24) is 4.90 Å². The predicted molar refractivity (Wildman–Crippen MR) is 109 cm³/mol. The fraction of sp³-hybridized carbons (Fsp3) is 0.278. The third-order valence-electron chi connectivity index (χ3n) is 6.16. The first-order valence-electron chi connectivity index (χ1n) is 9.67. The Morgan fingerprint density at radius 1 is 1.03 bits per heavy atom. The molecule has 16 nitrogen and oxygen atoms in total. The minimum Gasteiger partial charge on any atom is -0.479 e. The van der Waals surface area contributed by atoms with Gasteiger partial charge in [-0.2, -0.15) is 0 Å². The highest BCUT2D eigenvalue weighted by Crippen LogP contribution is 2.64. The average Bonchev–Trinajstić information content (AvgIpc) is 2.95. The van der Waals surface area contributed by atoms with Crippen molar-refractivity contribution in [2.75, 3.05) is 6.54 Å². The molecule has 3 aliphatic rings. The number of hydrogen-bond acceptors (Lipinski definition) is 11. The van der Waals surface area contributed by atoms with Crippen LogP contribution < -0.4 is 5.73 Å². The lowest BCUT2D eigenvalue weighted by molar-refractivity contribution is -0.446. The Bertz CT molecular complexity index is 1310. The van der Waals surface area contributed by atoms with Gasteiger partial charge in [-0.1, -0.05) is 0 Å². The molecule has 4 rings (SSSR count). The number of allylic oxidation sites excluding steroid dienone is 2. The molecule has 1 aromatic rings. The van der Waals surface area contributed by atoms with Crippen LogP contribution in [0.4, 0.5) is 11.4 Å². The van der Waals surface area contributed by atoms with Crippen LogP contribution in [-0.4, -0.2) is 42.2 Å². The maximum Gasteiger partial charge on any atom is 0.335 e. The molecular weight excluding hydrogens is 460 g/mol. The van der Waals surface area contributed by atoms with Crippen molar-refractivity contribution >= 4 is 17.3 Å². The third-order valence-corrected chi connectivity index (χ3v) is 6.16. The van der Waals surface area contributed by atoms with Crippen LogP contribution in [0.15, 0.2) is 47.1 Å². The van der Waals surface area contributed by atoms with Gasteiger partial charge in [0.25, 0.3) is 17.1 Å². The number of hydrogen-bond donors (Lipinski definition) is 2. The van der Waals surface area contributed by atoms with E-state index in [0.29, 0.717) is 0 Å². The lowest BCUT2D eigenvalue weighted by Gasteiger charge is -2.48. The van der Waals surface area contributed by atoms with E-state index in [1.54, 1.807) is 0 Å². The first-order chi connectivity index (χ1) is 16.0. The quantitative estimate of drug-likeness (QED) is 0.382. The number of fused-ring (bicyclic) bond motifs is 4. The summed E-state index contributed by atoms with van der Waals surface area (Å²) in [5.74, 6) is -3.18. The number of rotatable bonds is 9. The minimum absolute atomic E-state index is 0.00935. The molecule has 0 spiro atoms. The molecule has 2 heterocycles. The Hall–Kier alpha value is -4.73. The summed E-state index contributed by atoms with van der Waals surface area (Å²) >= 11 is 0. The van der Waals surface area contributed by atoms with Crippen molar-refractivity contribution < 1.29 is 29.6 Å². The molecule has 0 radical (unpaired) electrons. The van der Waals surface area contributed by atoms with Crippen LogP contribution in [0.3, 0.4) is 0 Å². The second-order valence-electron chi connectivity index (χ2n) is 7.61. The molecule has 34 heavy (non-hydrogen) atoms. The van der Waals surface area contributed by atoms with E-state index in [9.17, 15) is 50.4 Å². The number of carbonyl (C=O) groups is 1. The molecule has 2 atom stereocenters. The number of carboxylic acids is 1. The SMILES string of the molecule is NCCCC1c2c([N+](=O)[O-])ccc(c2[N+](=O)[O-])[C@]1(C(=O)O)N1c2ccc([N+](=O)[O-])c1c2[N+](=O)[O-]. The predicted octanol–water partition coefficient (Wildman–Crippen LogP) is 1.48. The highest BCUT2D eigenvalue weighted by molar-refractivity contribution is 5.91. The molecule has 176 valence electrons. The van der Waals surface area contributed by atoms with E-state index in [4.69, 9.17) is 5.73 Å². The molecule has 0 fully saturated rings. The summed E-state index contributed by atoms with van der Waals surface area (Å²) in [5.41, 5.74) is -1.85. The summed E-state index contributed by atoms with van der Waals surface area (Å²) in [6, 6.07) is 1.83. The van der Waals surface area contributed by atoms with E-state index in [-0.39, 0.29) is 25.1 Å². The van der Waals surface area contributed by atoms with Gasteiger partial charge in [-0.15, -0.1) is 0 Å². The second kappa shape index (κ2) is 7.41. The number of nitro groups is 4. The lowest BCUT2D eigenvalue weighted by atomic mass is 9.74. The van der Waals surface area contributed by atoms with E-state index in [0.717, 1.165) is 29.2 Å². The highest BCUT2D eigenvalue weighted by Gasteiger charge is 2.70. The van der Waals surface area contributed by atoms with Gasteiger partial charge in [-0.05, 0) is 31.5 Å². The van der Waals surface area contributed by atoms with Crippen molar-refractivity contribution in [3.63, 3.8) is 0 Å². The maximum absolute atomic E-state index is 12.9. The zero-order chi connectivity index (χ0) is 25.1. The Morgan fingerprint density at radius 3 is 2.21 bits per heavy atom. The van der Waals surface area contributed by atoms with E-state index >= 15 is 0 Å². The molecule has 16 heteroatoms. The Kier molecular flexibility index (Phi) is 4.89. The van der Waals surface area contributed by atoms with Gasteiger partial charge in [0.05, 0.1) is 25.3 Å². The van der Waals surface area contributed by atoms with Crippen LogP contribution in [0.2, 0.25) is 0 Å². The number of nitrogens with zero attached hydrogens (tertiary/aromatic N) is 5. The van der Waals surface area contributed by atoms with Crippen molar-refractivity contribution in [3.8, 4) is 0 Å². The highest BCUT2D eigenvalue weighted by atomic mass is 16.6. The average molecular weight is 474 g/mol. The number of aliphatic carboxylic acids is 1. The fourth-order valence-corrected chi connectivity index (χ4v) is 5.03. The Balaban J connectivity index is 2.09. The standard InChI is InChI=1S/C18H14N6O10/c19-7-1-2-8-13-10(21(27)28)4-3-9(14(13)23(31)32)18(8,17(25)26)20-11-5-6-12(22(29)30)15(20)16(11)24(33)34/h3-6,8H,1-2,7,19H2,(H,25,26)/t8?,18-/m1/s1. The van der Waals surface area contributed by atoms with Gasteiger partial charge in [0.15, 0.2) is 5.54 Å². The van der Waals surface area contributed by atoms with Crippen LogP contribution in [-0.2, 0) is 10.3 Å². The van der Waals surface area contributed by atoms with Gasteiger partial charge in [-0.25, -0.2) is 4.79 Å². The Morgan fingerprint density at radius 2 is 1.71 bits per heavy atom. The summed E-state index contributed by atoms with van der Waals surface area (Å²) in [6.07, 6.45) is 1.86. The van der Waals surface area contributed by atoms with Gasteiger partial charge >= 0.3 is 11.7 Å². The van der Waals surface area contributed by atoms with Crippen molar-refractivity contribution in [3.05, 3.63) is 98.7 Å². The van der Waals surface area contributed by atoms with Gasteiger partial charge in [0.2, 0.25) is 5.70 Å². The molecule has 0 amide bonds. The lowest BCUT2D eigenvalue weighted by Crippen LogP contribution is -2.59. The summed E-state index contributed by atoms with van der Waals surface area (Å²) < 4.78 is 0. The second-order valence-corrected chi connectivity index (χ2v) is 7.61. The first-order valence-corrected chi connectivity index (χ1v) is 9.67. The molecule has 0 saturated heterocycles. The van der Waals surface area contributed by atoms with Gasteiger partial charge in [0, 0.05) is 18.1 Å². The van der Waals surface area contributed by atoms with Gasteiger partial charge in [-0.3, -0.25) is 40.5 Å². The summed E-state index contributed by atoms with van der Waals surface area (Å²) in [4.78, 5) is 57.0. The minimum atomic E-state index is -2.49. The number of carboxylic acid groups (broad SMARTS) is 1. The third kappa shape index (κ3) is 2.59. The van der Waals surface area contributed by atoms with Crippen LogP contribution >= 0.6 is 0 Å². The van der Waals surface area contributed by atoms with E-state index < -0.39 is 76.7 Å². The molecule has 3 N–H and O–H groups in total. The smallest absolute Gasteiger partial charge is 0.335 e. The van der Waals surface area contributed by atoms with Crippen LogP contribution in [0, 0.1) is 40.5 Å². The molecular formula is C18H14N6O10. The molecule has 0 saturated carbocycles. The number of benzene rings is 1. The zero-order valence-electron chi connectivity index (χ0n) is 16.9.